The number of ether oxygens (including phenoxy) is 3. The highest BCUT2D eigenvalue weighted by Gasteiger charge is 2.31. The van der Waals surface area contributed by atoms with Crippen LogP contribution in [0.15, 0.2) is 88.1 Å². The Hall–Kier alpha value is -4.06. The first-order valence-corrected chi connectivity index (χ1v) is 8.95. The first-order chi connectivity index (χ1) is 14.2. The Morgan fingerprint density at radius 3 is 2.52 bits per heavy atom. The molecule has 0 radical (unpaired) electrons. The number of cyclic esters (lactones) is 1. The second-order valence-corrected chi connectivity index (χ2v) is 6.38. The molecule has 2 aliphatic heterocycles. The van der Waals surface area contributed by atoms with Crippen molar-refractivity contribution in [3.63, 3.8) is 0 Å². The Labute approximate surface area is 166 Å². The van der Waals surface area contributed by atoms with Crippen molar-refractivity contribution in [3.8, 4) is 11.5 Å². The number of carbonyl (C=O) groups is 1. The third-order valence-corrected chi connectivity index (χ3v) is 4.63. The van der Waals surface area contributed by atoms with Gasteiger partial charge in [-0.1, -0.05) is 18.2 Å². The Morgan fingerprint density at radius 1 is 0.931 bits per heavy atom. The van der Waals surface area contributed by atoms with E-state index in [4.69, 9.17) is 18.6 Å². The van der Waals surface area contributed by atoms with Crippen molar-refractivity contribution in [1.82, 2.24) is 0 Å². The molecule has 5 rings (SSSR count). The van der Waals surface area contributed by atoms with Gasteiger partial charge in [0.15, 0.2) is 11.5 Å². The summed E-state index contributed by atoms with van der Waals surface area (Å²) in [5.41, 5.74) is 2.45. The van der Waals surface area contributed by atoms with Crippen molar-refractivity contribution in [2.45, 2.75) is 0 Å². The number of para-hydroxylation sites is 1. The molecule has 0 aliphatic carbocycles. The third-order valence-electron chi connectivity index (χ3n) is 4.63. The summed E-state index contributed by atoms with van der Waals surface area (Å²) in [7, 11) is 1.62. The maximum absolute atomic E-state index is 12.6. The van der Waals surface area contributed by atoms with Crippen LogP contribution in [0.25, 0.3) is 11.3 Å². The van der Waals surface area contributed by atoms with Crippen LogP contribution >= 0.6 is 0 Å². The van der Waals surface area contributed by atoms with Gasteiger partial charge >= 0.3 is 5.97 Å². The number of esters is 1. The second kappa shape index (κ2) is 6.83. The first-order valence-electron chi connectivity index (χ1n) is 8.95. The number of allylic oxidation sites excluding steroid dienone is 2. The molecule has 0 unspecified atom stereocenters. The highest BCUT2D eigenvalue weighted by atomic mass is 16.6. The number of hydrogen-bond acceptors (Lipinski definition) is 6. The molecule has 0 N–H and O–H groups in total. The highest BCUT2D eigenvalue weighted by molar-refractivity contribution is 6.15. The Morgan fingerprint density at radius 2 is 1.76 bits per heavy atom. The summed E-state index contributed by atoms with van der Waals surface area (Å²) < 4.78 is 21.9. The van der Waals surface area contributed by atoms with Crippen LogP contribution in [0, 0.1) is 0 Å². The van der Waals surface area contributed by atoms with Crippen molar-refractivity contribution in [2.75, 3.05) is 7.11 Å². The first kappa shape index (κ1) is 17.1. The Bertz CT molecular complexity index is 1180. The number of carbonyl (C=O) groups excluding carboxylic acids is 1. The SMILES string of the molecule is COc1ccc(C2=CC(=C3N=C(c4ccco4)OC3=O)c3ccccc3O2)cc1. The van der Waals surface area contributed by atoms with E-state index in [0.29, 0.717) is 22.8 Å². The van der Waals surface area contributed by atoms with E-state index in [1.165, 1.54) is 6.26 Å². The van der Waals surface area contributed by atoms with E-state index < -0.39 is 5.97 Å². The molecule has 0 saturated heterocycles. The lowest BCUT2D eigenvalue weighted by atomic mass is 9.97. The van der Waals surface area contributed by atoms with Crippen LogP contribution in [0.3, 0.4) is 0 Å². The summed E-state index contributed by atoms with van der Waals surface area (Å²) in [6, 6.07) is 18.4. The summed E-state index contributed by atoms with van der Waals surface area (Å²) in [5, 5.41) is 0. The molecule has 0 bridgehead atoms. The average molecular weight is 385 g/mol. The topological polar surface area (TPSA) is 70.3 Å². The fourth-order valence-electron chi connectivity index (χ4n) is 3.21. The molecule has 1 aromatic heterocycles. The predicted octanol–water partition coefficient (Wildman–Crippen LogP) is 4.44. The van der Waals surface area contributed by atoms with Gasteiger partial charge in [0.25, 0.3) is 5.90 Å². The minimum absolute atomic E-state index is 0.144. The van der Waals surface area contributed by atoms with E-state index in [0.717, 1.165) is 16.9 Å². The van der Waals surface area contributed by atoms with Crippen LogP contribution in [-0.4, -0.2) is 19.0 Å². The second-order valence-electron chi connectivity index (χ2n) is 6.38. The van der Waals surface area contributed by atoms with E-state index >= 15 is 0 Å². The molecule has 6 heteroatoms. The highest BCUT2D eigenvalue weighted by Crippen LogP contribution is 2.40. The van der Waals surface area contributed by atoms with Crippen molar-refractivity contribution >= 4 is 23.2 Å². The van der Waals surface area contributed by atoms with Gasteiger partial charge in [-0.15, -0.1) is 0 Å². The maximum Gasteiger partial charge on any atom is 0.364 e. The van der Waals surface area contributed by atoms with E-state index in [1.807, 2.05) is 48.5 Å². The van der Waals surface area contributed by atoms with E-state index in [1.54, 1.807) is 25.3 Å². The number of aliphatic imine (C=N–C) groups is 1. The van der Waals surface area contributed by atoms with Gasteiger partial charge in [0, 0.05) is 16.7 Å². The molecule has 6 nitrogen and oxygen atoms in total. The molecule has 3 heterocycles. The fraction of sp³-hybridized carbons (Fsp3) is 0.0435. The van der Waals surface area contributed by atoms with Gasteiger partial charge in [-0.05, 0) is 48.5 Å². The van der Waals surface area contributed by atoms with Crippen LogP contribution in [-0.2, 0) is 9.53 Å². The smallest absolute Gasteiger partial charge is 0.364 e. The largest absolute Gasteiger partial charge is 0.497 e. The number of rotatable bonds is 3. The zero-order valence-corrected chi connectivity index (χ0v) is 15.4. The van der Waals surface area contributed by atoms with Gasteiger partial charge in [-0.25, -0.2) is 9.79 Å². The van der Waals surface area contributed by atoms with Crippen molar-refractivity contribution < 1.29 is 23.4 Å². The van der Waals surface area contributed by atoms with Gasteiger partial charge in [-0.3, -0.25) is 0 Å². The molecule has 0 fully saturated rings. The lowest BCUT2D eigenvalue weighted by Gasteiger charge is -2.20. The van der Waals surface area contributed by atoms with Crippen LogP contribution in [0.1, 0.15) is 16.9 Å². The number of benzene rings is 2. The van der Waals surface area contributed by atoms with E-state index in [2.05, 4.69) is 4.99 Å². The lowest BCUT2D eigenvalue weighted by molar-refractivity contribution is -0.130. The van der Waals surface area contributed by atoms with Gasteiger partial charge in [-0.2, -0.15) is 0 Å². The molecule has 0 spiro atoms. The summed E-state index contributed by atoms with van der Waals surface area (Å²) in [6.07, 6.45) is 3.30. The summed E-state index contributed by atoms with van der Waals surface area (Å²) in [5.74, 6) is 1.99. The Balaban J connectivity index is 1.66. The normalized spacial score (nSPS) is 17.8. The molecule has 29 heavy (non-hydrogen) atoms. The molecular weight excluding hydrogens is 370 g/mol. The monoisotopic (exact) mass is 385 g/mol. The molecule has 2 aliphatic rings. The minimum Gasteiger partial charge on any atom is -0.497 e. The van der Waals surface area contributed by atoms with Gasteiger partial charge in [0.2, 0.25) is 0 Å². The van der Waals surface area contributed by atoms with Crippen molar-refractivity contribution in [2.24, 2.45) is 4.99 Å². The molecule has 0 amide bonds. The minimum atomic E-state index is -0.534. The third kappa shape index (κ3) is 3.00. The summed E-state index contributed by atoms with van der Waals surface area (Å²) in [4.78, 5) is 17.0. The standard InChI is InChI=1S/C23H15NO5/c1-26-15-10-8-14(9-11-15)20-13-17(16-5-2-3-6-18(16)28-20)21-23(25)29-22(24-21)19-7-4-12-27-19/h2-13H,1H3. The quantitative estimate of drug-likeness (QED) is 0.493. The molecule has 0 saturated carbocycles. The van der Waals surface area contributed by atoms with Crippen LogP contribution in [0.5, 0.6) is 11.5 Å². The number of hydrogen-bond donors (Lipinski definition) is 0. The number of fused-ring (bicyclic) bond motifs is 1. The molecule has 3 aromatic rings. The van der Waals surface area contributed by atoms with E-state index in [-0.39, 0.29) is 11.6 Å². The van der Waals surface area contributed by atoms with Gasteiger partial charge in [0.1, 0.15) is 17.3 Å². The lowest BCUT2D eigenvalue weighted by Crippen LogP contribution is -2.08. The zero-order chi connectivity index (χ0) is 19.8. The van der Waals surface area contributed by atoms with Crippen molar-refractivity contribution in [1.29, 1.82) is 0 Å². The number of methoxy groups -OCH3 is 1. The Kier molecular flexibility index (Phi) is 4.02. The molecular formula is C23H15NO5. The fourth-order valence-corrected chi connectivity index (χ4v) is 3.21. The van der Waals surface area contributed by atoms with Gasteiger partial charge < -0.3 is 18.6 Å². The molecule has 142 valence electrons. The number of nitrogens with zero attached hydrogens (tertiary/aromatic N) is 1. The summed E-state index contributed by atoms with van der Waals surface area (Å²) >= 11 is 0. The average Bonchev–Trinajstić information content (AvgIpc) is 3.43. The molecule has 2 aromatic carbocycles. The van der Waals surface area contributed by atoms with Crippen molar-refractivity contribution in [3.05, 3.63) is 95.6 Å². The summed E-state index contributed by atoms with van der Waals surface area (Å²) in [6.45, 7) is 0. The number of furan rings is 1. The van der Waals surface area contributed by atoms with E-state index in [9.17, 15) is 4.79 Å². The predicted molar refractivity (Wildman–Crippen MR) is 106 cm³/mol. The zero-order valence-electron chi connectivity index (χ0n) is 15.4. The van der Waals surface area contributed by atoms with Crippen LogP contribution < -0.4 is 9.47 Å². The van der Waals surface area contributed by atoms with Crippen LogP contribution in [0.4, 0.5) is 0 Å². The van der Waals surface area contributed by atoms with Gasteiger partial charge in [0.05, 0.1) is 13.4 Å². The maximum atomic E-state index is 12.6. The molecule has 0 atom stereocenters. The van der Waals surface area contributed by atoms with Crippen LogP contribution in [0.2, 0.25) is 0 Å².